The Morgan fingerprint density at radius 1 is 1.60 bits per heavy atom. The average molecular weight is 267 g/mol. The van der Waals surface area contributed by atoms with Crippen LogP contribution in [0.5, 0.6) is 0 Å². The molecule has 0 aliphatic carbocycles. The summed E-state index contributed by atoms with van der Waals surface area (Å²) in [5.74, 6) is -0.809. The molecule has 5 nitrogen and oxygen atoms in total. The van der Waals surface area contributed by atoms with Gasteiger partial charge in [-0.25, -0.2) is 0 Å². The first-order chi connectivity index (χ1) is 7.13. The van der Waals surface area contributed by atoms with Gasteiger partial charge < -0.3 is 5.73 Å². The Labute approximate surface area is 94.7 Å². The van der Waals surface area contributed by atoms with Gasteiger partial charge in [0.25, 0.3) is 5.91 Å². The van der Waals surface area contributed by atoms with Gasteiger partial charge in [-0.3, -0.25) is 4.79 Å². The lowest BCUT2D eigenvalue weighted by Gasteiger charge is -1.96. The number of hydrogen-bond acceptors (Lipinski definition) is 4. The molecule has 0 radical (unpaired) electrons. The van der Waals surface area contributed by atoms with Crippen molar-refractivity contribution in [1.29, 1.82) is 5.26 Å². The van der Waals surface area contributed by atoms with E-state index in [0.29, 0.717) is 5.69 Å². The molecule has 0 bridgehead atoms. The third kappa shape index (κ3) is 3.48. The molecule has 0 aliphatic heterocycles. The Bertz CT molecular complexity index is 438. The highest BCUT2D eigenvalue weighted by Gasteiger charge is 2.11. The summed E-state index contributed by atoms with van der Waals surface area (Å²) in [6.45, 7) is 0. The second kappa shape index (κ2) is 5.22. The van der Waals surface area contributed by atoms with Crippen molar-refractivity contribution in [2.45, 2.75) is 6.04 Å². The van der Waals surface area contributed by atoms with Crippen LogP contribution in [0.1, 0.15) is 0 Å². The summed E-state index contributed by atoms with van der Waals surface area (Å²) in [5.41, 5.74) is 5.46. The zero-order valence-electron chi connectivity index (χ0n) is 7.59. The van der Waals surface area contributed by atoms with E-state index in [2.05, 4.69) is 26.2 Å². The Balaban J connectivity index is 2.82. The molecule has 0 aromatic heterocycles. The summed E-state index contributed by atoms with van der Waals surface area (Å²) in [7, 11) is 0. The Kier molecular flexibility index (Phi) is 3.94. The lowest BCUT2D eigenvalue weighted by Crippen LogP contribution is -2.24. The molecule has 0 aliphatic rings. The van der Waals surface area contributed by atoms with Crippen LogP contribution in [-0.4, -0.2) is 11.9 Å². The van der Waals surface area contributed by atoms with Gasteiger partial charge in [0.15, 0.2) is 0 Å². The summed E-state index contributed by atoms with van der Waals surface area (Å²) in [5, 5.41) is 15.8. The first kappa shape index (κ1) is 11.3. The second-order valence-corrected chi connectivity index (χ2v) is 3.55. The van der Waals surface area contributed by atoms with Crippen LogP contribution in [0.25, 0.3) is 0 Å². The first-order valence-electron chi connectivity index (χ1n) is 3.99. The molecular weight excluding hydrogens is 260 g/mol. The van der Waals surface area contributed by atoms with Crippen molar-refractivity contribution >= 4 is 27.5 Å². The number of benzene rings is 1. The third-order valence-electron chi connectivity index (χ3n) is 1.49. The number of nitrogens with two attached hydrogens (primary N) is 1. The number of rotatable bonds is 3. The average Bonchev–Trinajstić information content (AvgIpc) is 2.18. The highest BCUT2D eigenvalue weighted by molar-refractivity contribution is 9.10. The Morgan fingerprint density at radius 3 is 2.87 bits per heavy atom. The van der Waals surface area contributed by atoms with Crippen molar-refractivity contribution in [2.24, 2.45) is 16.0 Å². The smallest absolute Gasteiger partial charge is 0.258 e. The fourth-order valence-electron chi connectivity index (χ4n) is 0.809. The third-order valence-corrected chi connectivity index (χ3v) is 1.98. The molecule has 0 saturated heterocycles. The van der Waals surface area contributed by atoms with Crippen LogP contribution >= 0.6 is 15.9 Å². The monoisotopic (exact) mass is 266 g/mol. The van der Waals surface area contributed by atoms with Crippen LogP contribution in [0.15, 0.2) is 39.0 Å². The van der Waals surface area contributed by atoms with Crippen molar-refractivity contribution < 1.29 is 4.79 Å². The molecule has 6 heteroatoms. The van der Waals surface area contributed by atoms with Gasteiger partial charge in [-0.1, -0.05) is 22.0 Å². The number of hydrogen-bond donors (Lipinski definition) is 1. The van der Waals surface area contributed by atoms with Crippen LogP contribution in [0, 0.1) is 11.3 Å². The normalized spacial score (nSPS) is 12.3. The highest BCUT2D eigenvalue weighted by atomic mass is 79.9. The molecule has 1 aromatic rings. The van der Waals surface area contributed by atoms with E-state index < -0.39 is 11.9 Å². The summed E-state index contributed by atoms with van der Waals surface area (Å²) in [6, 6.07) is 7.41. The van der Waals surface area contributed by atoms with E-state index in [1.807, 2.05) is 6.07 Å². The molecular formula is C9H7BrN4O. The molecule has 0 heterocycles. The molecule has 0 fully saturated rings. The minimum absolute atomic E-state index is 0.547. The lowest BCUT2D eigenvalue weighted by molar-refractivity contribution is -0.118. The topological polar surface area (TPSA) is 91.6 Å². The SMILES string of the molecule is N#CC(N=Nc1cccc(Br)c1)C(N)=O. The summed E-state index contributed by atoms with van der Waals surface area (Å²) in [6.07, 6.45) is 0. The van der Waals surface area contributed by atoms with E-state index in [4.69, 9.17) is 11.0 Å². The largest absolute Gasteiger partial charge is 0.367 e. The molecule has 76 valence electrons. The summed E-state index contributed by atoms with van der Waals surface area (Å²) >= 11 is 3.26. The standard InChI is InChI=1S/C9H7BrN4O/c10-6-2-1-3-7(4-6)13-14-8(5-11)9(12)15/h1-4,8H,(H2,12,15). The van der Waals surface area contributed by atoms with Crippen molar-refractivity contribution in [3.63, 3.8) is 0 Å². The fraction of sp³-hybridized carbons (Fsp3) is 0.111. The molecule has 1 rings (SSSR count). The number of carbonyl (C=O) groups is 1. The van der Waals surface area contributed by atoms with Crippen molar-refractivity contribution in [3.05, 3.63) is 28.7 Å². The minimum Gasteiger partial charge on any atom is -0.367 e. The van der Waals surface area contributed by atoms with E-state index in [0.717, 1.165) is 4.47 Å². The second-order valence-electron chi connectivity index (χ2n) is 2.63. The molecule has 1 unspecified atom stereocenters. The van der Waals surface area contributed by atoms with E-state index in [1.54, 1.807) is 24.3 Å². The molecule has 15 heavy (non-hydrogen) atoms. The molecule has 0 spiro atoms. The molecule has 1 atom stereocenters. The Hall–Kier alpha value is -1.74. The van der Waals surface area contributed by atoms with Gasteiger partial charge in [-0.15, -0.1) is 0 Å². The molecule has 1 amide bonds. The summed E-state index contributed by atoms with van der Waals surface area (Å²) in [4.78, 5) is 10.7. The van der Waals surface area contributed by atoms with Gasteiger partial charge in [-0.2, -0.15) is 15.5 Å². The maximum atomic E-state index is 10.7. The fourth-order valence-corrected chi connectivity index (χ4v) is 1.20. The Morgan fingerprint density at radius 2 is 2.33 bits per heavy atom. The number of primary amides is 1. The summed E-state index contributed by atoms with van der Waals surface area (Å²) < 4.78 is 0.839. The predicted octanol–water partition coefficient (Wildman–Crippen LogP) is 1.91. The number of carbonyl (C=O) groups excluding carboxylic acids is 1. The molecule has 1 aromatic carbocycles. The molecule has 2 N–H and O–H groups in total. The van der Waals surface area contributed by atoms with E-state index in [1.165, 1.54) is 0 Å². The zero-order chi connectivity index (χ0) is 11.3. The van der Waals surface area contributed by atoms with Gasteiger partial charge >= 0.3 is 0 Å². The van der Waals surface area contributed by atoms with Crippen molar-refractivity contribution in [2.75, 3.05) is 0 Å². The predicted molar refractivity (Wildman–Crippen MR) is 57.3 cm³/mol. The van der Waals surface area contributed by atoms with Crippen LogP contribution in [0.3, 0.4) is 0 Å². The number of nitriles is 1. The maximum absolute atomic E-state index is 10.7. The van der Waals surface area contributed by atoms with E-state index in [-0.39, 0.29) is 0 Å². The zero-order valence-corrected chi connectivity index (χ0v) is 9.18. The van der Waals surface area contributed by atoms with Crippen LogP contribution in [-0.2, 0) is 4.79 Å². The van der Waals surface area contributed by atoms with Gasteiger partial charge in [-0.05, 0) is 18.2 Å². The number of azo groups is 1. The van der Waals surface area contributed by atoms with Gasteiger partial charge in [0.1, 0.15) is 6.07 Å². The maximum Gasteiger partial charge on any atom is 0.258 e. The first-order valence-corrected chi connectivity index (χ1v) is 4.78. The van der Waals surface area contributed by atoms with Crippen molar-refractivity contribution in [3.8, 4) is 6.07 Å². The van der Waals surface area contributed by atoms with E-state index >= 15 is 0 Å². The van der Waals surface area contributed by atoms with Crippen LogP contribution in [0.2, 0.25) is 0 Å². The van der Waals surface area contributed by atoms with Crippen molar-refractivity contribution in [1.82, 2.24) is 0 Å². The minimum atomic E-state index is -1.23. The number of amides is 1. The van der Waals surface area contributed by atoms with E-state index in [9.17, 15) is 4.79 Å². The van der Waals surface area contributed by atoms with Gasteiger partial charge in [0.05, 0.1) is 5.69 Å². The quantitative estimate of drug-likeness (QED) is 0.847. The van der Waals surface area contributed by atoms with Gasteiger partial charge in [0, 0.05) is 4.47 Å². The van der Waals surface area contributed by atoms with Crippen LogP contribution in [0.4, 0.5) is 5.69 Å². The number of halogens is 1. The molecule has 0 saturated carbocycles. The highest BCUT2D eigenvalue weighted by Crippen LogP contribution is 2.18. The lowest BCUT2D eigenvalue weighted by atomic mass is 10.3. The van der Waals surface area contributed by atoms with Gasteiger partial charge in [0.2, 0.25) is 6.04 Å². The number of nitrogens with zero attached hydrogens (tertiary/aromatic N) is 3. The van der Waals surface area contributed by atoms with Crippen LogP contribution < -0.4 is 5.73 Å².